The number of likely N-dealkylation sites (N-methyl/N-ethyl adjacent to an activating group) is 2. The lowest BCUT2D eigenvalue weighted by Gasteiger charge is -2.25. The number of carbonyl (C=O) groups is 1. The van der Waals surface area contributed by atoms with Crippen molar-refractivity contribution in [3.05, 3.63) is 59.9 Å². The lowest BCUT2D eigenvalue weighted by atomic mass is 10.1. The van der Waals surface area contributed by atoms with Crippen LogP contribution < -0.4 is 20.8 Å². The third kappa shape index (κ3) is 6.71. The molecule has 0 unspecified atom stereocenters. The van der Waals surface area contributed by atoms with Gasteiger partial charge in [0.15, 0.2) is 0 Å². The Kier molecular flexibility index (Phi) is 9.34. The van der Waals surface area contributed by atoms with E-state index in [-0.39, 0.29) is 11.7 Å². The van der Waals surface area contributed by atoms with Crippen molar-refractivity contribution in [3.63, 3.8) is 0 Å². The maximum absolute atomic E-state index is 13.1. The zero-order chi connectivity index (χ0) is 29.7. The molecule has 4 aromatic rings. The van der Waals surface area contributed by atoms with Crippen LogP contribution in [-0.4, -0.2) is 72.5 Å². The second-order valence-electron chi connectivity index (χ2n) is 10.5. The van der Waals surface area contributed by atoms with Crippen LogP contribution in [0.15, 0.2) is 48.8 Å². The van der Waals surface area contributed by atoms with Gasteiger partial charge in [-0.15, -0.1) is 0 Å². The number of aryl methyl sites for hydroxylation is 1. The molecule has 2 aromatic carbocycles. The van der Waals surface area contributed by atoms with Crippen LogP contribution in [0.1, 0.15) is 43.6 Å². The van der Waals surface area contributed by atoms with Crippen LogP contribution in [0.25, 0.3) is 22.2 Å². The zero-order valence-electron chi connectivity index (χ0n) is 25.1. The van der Waals surface area contributed by atoms with Crippen molar-refractivity contribution >= 4 is 39.9 Å². The van der Waals surface area contributed by atoms with E-state index >= 15 is 0 Å². The van der Waals surface area contributed by atoms with Gasteiger partial charge in [0.2, 0.25) is 5.95 Å². The molecule has 0 saturated heterocycles. The number of rotatable bonds is 12. The van der Waals surface area contributed by atoms with Gasteiger partial charge in [0.1, 0.15) is 12.2 Å². The fourth-order valence-corrected chi connectivity index (χ4v) is 4.64. The number of nitrogen functional groups attached to an aromatic ring is 1. The molecule has 0 bridgehead atoms. The Hall–Kier alpha value is -4.31. The average molecular weight is 560 g/mol. The lowest BCUT2D eigenvalue weighted by Crippen LogP contribution is -2.29. The highest BCUT2D eigenvalue weighted by Crippen LogP contribution is 2.34. The first-order chi connectivity index (χ1) is 19.6. The van der Waals surface area contributed by atoms with Crippen molar-refractivity contribution in [3.8, 4) is 11.3 Å². The summed E-state index contributed by atoms with van der Waals surface area (Å²) < 4.78 is 7.25. The Morgan fingerprint density at radius 2 is 1.88 bits per heavy atom. The number of fused-ring (bicyclic) bond motifs is 1. The maximum Gasteiger partial charge on any atom is 0.342 e. The van der Waals surface area contributed by atoms with Crippen LogP contribution in [0.4, 0.5) is 23.0 Å². The number of para-hydroxylation sites is 1. The average Bonchev–Trinajstić information content (AvgIpc) is 3.30. The molecule has 3 N–H and O–H groups in total. The van der Waals surface area contributed by atoms with Crippen LogP contribution in [-0.2, 0) is 11.2 Å². The molecular formula is C31H41N7O3. The summed E-state index contributed by atoms with van der Waals surface area (Å²) in [4.78, 5) is 32.6. The SMILES string of the molecule is CCOn1cc(-c2nc(Nc3cc(N)c(N(C)CCN(C)C)cc3CC)ncc2C(=O)OC(C)C)c2ccccc21. The second kappa shape index (κ2) is 12.9. The number of nitrogens with two attached hydrogens (primary N) is 1. The number of esters is 1. The molecule has 2 heterocycles. The summed E-state index contributed by atoms with van der Waals surface area (Å²) in [6, 6.07) is 11.9. The van der Waals surface area contributed by atoms with Crippen LogP contribution >= 0.6 is 0 Å². The number of carbonyl (C=O) groups excluding carboxylic acids is 1. The molecule has 0 radical (unpaired) electrons. The van der Waals surface area contributed by atoms with Crippen molar-refractivity contribution < 1.29 is 14.4 Å². The highest BCUT2D eigenvalue weighted by atomic mass is 16.7. The van der Waals surface area contributed by atoms with Crippen molar-refractivity contribution in [2.75, 3.05) is 56.8 Å². The first-order valence-electron chi connectivity index (χ1n) is 14.0. The van der Waals surface area contributed by atoms with E-state index in [1.165, 1.54) is 6.20 Å². The van der Waals surface area contributed by atoms with Gasteiger partial charge in [0.05, 0.1) is 34.9 Å². The van der Waals surface area contributed by atoms with E-state index in [4.69, 9.17) is 20.3 Å². The largest absolute Gasteiger partial charge is 0.459 e. The van der Waals surface area contributed by atoms with E-state index < -0.39 is 5.97 Å². The van der Waals surface area contributed by atoms with Gasteiger partial charge >= 0.3 is 5.97 Å². The molecule has 0 aliphatic carbocycles. The monoisotopic (exact) mass is 559 g/mol. The number of nitrogens with zero attached hydrogens (tertiary/aromatic N) is 5. The Balaban J connectivity index is 1.78. The molecule has 10 heteroatoms. The van der Waals surface area contributed by atoms with Gasteiger partial charge in [-0.25, -0.2) is 14.8 Å². The van der Waals surface area contributed by atoms with Crippen LogP contribution in [0.3, 0.4) is 0 Å². The van der Waals surface area contributed by atoms with Crippen molar-refractivity contribution in [1.29, 1.82) is 0 Å². The normalized spacial score (nSPS) is 11.3. The molecular weight excluding hydrogens is 518 g/mol. The molecule has 0 spiro atoms. The fraction of sp³-hybridized carbons (Fsp3) is 0.387. The summed E-state index contributed by atoms with van der Waals surface area (Å²) in [6.45, 7) is 9.90. The summed E-state index contributed by atoms with van der Waals surface area (Å²) in [5.74, 6) is -0.143. The summed E-state index contributed by atoms with van der Waals surface area (Å²) in [7, 11) is 6.15. The zero-order valence-corrected chi connectivity index (χ0v) is 25.1. The topological polar surface area (TPSA) is 111 Å². The fourth-order valence-electron chi connectivity index (χ4n) is 4.64. The van der Waals surface area contributed by atoms with Gasteiger partial charge in [0.25, 0.3) is 0 Å². The van der Waals surface area contributed by atoms with Gasteiger partial charge in [-0.3, -0.25) is 0 Å². The molecule has 10 nitrogen and oxygen atoms in total. The molecule has 0 aliphatic heterocycles. The number of benzene rings is 2. The van der Waals surface area contributed by atoms with Crippen molar-refractivity contribution in [2.24, 2.45) is 0 Å². The Morgan fingerprint density at radius 1 is 1.12 bits per heavy atom. The number of aromatic nitrogens is 3. The molecule has 0 amide bonds. The smallest absolute Gasteiger partial charge is 0.342 e. The van der Waals surface area contributed by atoms with Gasteiger partial charge in [0, 0.05) is 43.0 Å². The molecule has 0 aliphatic rings. The van der Waals surface area contributed by atoms with E-state index in [2.05, 4.69) is 47.2 Å². The predicted octanol–water partition coefficient (Wildman–Crippen LogP) is 5.00. The predicted molar refractivity (Wildman–Crippen MR) is 166 cm³/mol. The first-order valence-corrected chi connectivity index (χ1v) is 14.0. The van der Waals surface area contributed by atoms with Gasteiger partial charge < -0.3 is 30.4 Å². The Labute approximate surface area is 242 Å². The number of nitrogens with one attached hydrogen (secondary N) is 1. The first kappa shape index (κ1) is 29.7. The minimum atomic E-state index is -0.488. The van der Waals surface area contributed by atoms with Gasteiger partial charge in [-0.1, -0.05) is 25.1 Å². The summed E-state index contributed by atoms with van der Waals surface area (Å²) in [5.41, 5.74) is 12.4. The maximum atomic E-state index is 13.1. The third-order valence-electron chi connectivity index (χ3n) is 6.73. The second-order valence-corrected chi connectivity index (χ2v) is 10.5. The standard InChI is InChI=1S/C31H41N7O3/c1-8-21-16-28(37(7)15-14-36(5)6)25(32)17-26(21)34-31-33-18-23(30(39)41-20(3)4)29(35-31)24-19-38(40-9-2)27-13-11-10-12-22(24)27/h10-13,16-20H,8-9,14-15,32H2,1-7H3,(H,33,34,35). The Morgan fingerprint density at radius 3 is 2.56 bits per heavy atom. The number of hydrogen-bond donors (Lipinski definition) is 2. The molecule has 218 valence electrons. The van der Waals surface area contributed by atoms with Crippen molar-refractivity contribution in [1.82, 2.24) is 19.6 Å². The highest BCUT2D eigenvalue weighted by Gasteiger charge is 2.23. The van der Waals surface area contributed by atoms with Gasteiger partial charge in [-0.05, 0) is 65.0 Å². The quantitative estimate of drug-likeness (QED) is 0.183. The number of anilines is 4. The van der Waals surface area contributed by atoms with Crippen LogP contribution in [0.5, 0.6) is 0 Å². The van der Waals surface area contributed by atoms with Crippen LogP contribution in [0.2, 0.25) is 0 Å². The number of ether oxygens (including phenoxy) is 1. The molecule has 0 atom stereocenters. The Bertz CT molecular complexity index is 1510. The van der Waals surface area contributed by atoms with Gasteiger partial charge in [-0.2, -0.15) is 4.73 Å². The summed E-state index contributed by atoms with van der Waals surface area (Å²) in [6.07, 6.45) is 3.85. The molecule has 0 fully saturated rings. The lowest BCUT2D eigenvalue weighted by molar-refractivity contribution is 0.0378. The summed E-state index contributed by atoms with van der Waals surface area (Å²) >= 11 is 0. The minimum absolute atomic E-state index is 0.275. The van der Waals surface area contributed by atoms with E-state index in [1.54, 1.807) is 4.73 Å². The summed E-state index contributed by atoms with van der Waals surface area (Å²) in [5, 5.41) is 4.25. The van der Waals surface area contributed by atoms with E-state index in [0.717, 1.165) is 52.9 Å². The molecule has 4 rings (SSSR count). The minimum Gasteiger partial charge on any atom is -0.459 e. The third-order valence-corrected chi connectivity index (χ3v) is 6.73. The number of hydrogen-bond acceptors (Lipinski definition) is 9. The van der Waals surface area contributed by atoms with E-state index in [9.17, 15) is 4.79 Å². The van der Waals surface area contributed by atoms with Crippen molar-refractivity contribution in [2.45, 2.75) is 40.2 Å². The van der Waals surface area contributed by atoms with E-state index in [1.807, 2.05) is 64.3 Å². The molecule has 41 heavy (non-hydrogen) atoms. The molecule has 2 aromatic heterocycles. The molecule has 0 saturated carbocycles. The van der Waals surface area contributed by atoms with Crippen LogP contribution in [0, 0.1) is 0 Å². The van der Waals surface area contributed by atoms with E-state index in [0.29, 0.717) is 23.9 Å². The highest BCUT2D eigenvalue weighted by molar-refractivity contribution is 6.03.